The van der Waals surface area contributed by atoms with Gasteiger partial charge in [0.15, 0.2) is 0 Å². The van der Waals surface area contributed by atoms with Crippen LogP contribution in [0.25, 0.3) is 0 Å². The fraction of sp³-hybridized carbons (Fsp3) is 0.400. The number of benzene rings is 1. The Hall–Kier alpha value is -0.780. The smallest absolute Gasteiger partial charge is 0.00899 e. The Morgan fingerprint density at radius 1 is 0.900 bits per heavy atom. The van der Waals surface area contributed by atoms with Crippen LogP contribution in [-0.4, -0.2) is 0 Å². The van der Waals surface area contributed by atoms with Crippen LogP contribution in [0.5, 0.6) is 0 Å². The maximum absolute atomic E-state index is 2.29. The lowest BCUT2D eigenvalue weighted by molar-refractivity contribution is 0.294. The van der Waals surface area contributed by atoms with Crippen molar-refractivity contribution in [1.82, 2.24) is 0 Å². The third-order valence-electron chi connectivity index (χ3n) is 3.07. The van der Waals surface area contributed by atoms with Gasteiger partial charge in [0.25, 0.3) is 0 Å². The fourth-order valence-electron chi connectivity index (χ4n) is 2.33. The van der Waals surface area contributed by atoms with Crippen molar-refractivity contribution in [3.05, 3.63) is 35.4 Å². The first-order valence-corrected chi connectivity index (χ1v) is 4.05. The molecule has 1 aromatic carbocycles. The summed E-state index contributed by atoms with van der Waals surface area (Å²) in [5.41, 5.74) is 3.28. The minimum absolute atomic E-state index is 0.969. The minimum atomic E-state index is 0.969. The van der Waals surface area contributed by atoms with Crippen molar-refractivity contribution in [3.63, 3.8) is 0 Å². The van der Waals surface area contributed by atoms with E-state index in [9.17, 15) is 0 Å². The van der Waals surface area contributed by atoms with Crippen LogP contribution in [0, 0.1) is 0 Å². The molecule has 1 saturated carbocycles. The zero-order chi connectivity index (χ0) is 6.55. The summed E-state index contributed by atoms with van der Waals surface area (Å²) in [4.78, 5) is 0. The molecular formula is C10H10. The minimum Gasteiger partial charge on any atom is -0.0620 e. The molecule has 0 aromatic heterocycles. The standard InChI is InChI=1S/C10H10/c1-2-4-8-7(3-1)9-5-6-10(8)9/h1-4,9-10H,5-6H2. The van der Waals surface area contributed by atoms with Crippen LogP contribution in [-0.2, 0) is 0 Å². The molecule has 0 amide bonds. The van der Waals surface area contributed by atoms with Gasteiger partial charge in [-0.15, -0.1) is 0 Å². The Morgan fingerprint density at radius 3 is 1.80 bits per heavy atom. The van der Waals surface area contributed by atoms with Crippen LogP contribution < -0.4 is 0 Å². The maximum atomic E-state index is 2.29. The van der Waals surface area contributed by atoms with E-state index in [0.717, 1.165) is 11.8 Å². The summed E-state index contributed by atoms with van der Waals surface area (Å²) in [6, 6.07) is 8.89. The highest BCUT2D eigenvalue weighted by molar-refractivity contribution is 5.47. The molecule has 0 heteroatoms. The number of rotatable bonds is 0. The monoisotopic (exact) mass is 130 g/mol. The normalized spacial score (nSPS) is 33.2. The molecule has 3 rings (SSSR count). The van der Waals surface area contributed by atoms with Crippen molar-refractivity contribution in [1.29, 1.82) is 0 Å². The molecule has 2 aliphatic carbocycles. The second kappa shape index (κ2) is 1.45. The zero-order valence-electron chi connectivity index (χ0n) is 5.88. The highest BCUT2D eigenvalue weighted by Crippen LogP contribution is 2.59. The predicted molar refractivity (Wildman–Crippen MR) is 41.2 cm³/mol. The lowest BCUT2D eigenvalue weighted by Crippen LogP contribution is -2.32. The average molecular weight is 130 g/mol. The molecule has 2 unspecified atom stereocenters. The highest BCUT2D eigenvalue weighted by Gasteiger charge is 2.43. The molecule has 10 heavy (non-hydrogen) atoms. The van der Waals surface area contributed by atoms with E-state index in [1.807, 2.05) is 0 Å². The summed E-state index contributed by atoms with van der Waals surface area (Å²) in [7, 11) is 0. The van der Waals surface area contributed by atoms with Gasteiger partial charge in [-0.25, -0.2) is 0 Å². The summed E-state index contributed by atoms with van der Waals surface area (Å²) in [6.07, 6.45) is 2.89. The summed E-state index contributed by atoms with van der Waals surface area (Å²) in [5, 5.41) is 0. The van der Waals surface area contributed by atoms with Crippen LogP contribution >= 0.6 is 0 Å². The van der Waals surface area contributed by atoms with Crippen LogP contribution in [0.4, 0.5) is 0 Å². The second-order valence-corrected chi connectivity index (χ2v) is 3.42. The lowest BCUT2D eigenvalue weighted by Gasteiger charge is -2.48. The van der Waals surface area contributed by atoms with Crippen LogP contribution in [0.1, 0.15) is 35.8 Å². The van der Waals surface area contributed by atoms with Gasteiger partial charge in [-0.2, -0.15) is 0 Å². The molecule has 2 aliphatic rings. The van der Waals surface area contributed by atoms with Gasteiger partial charge in [-0.3, -0.25) is 0 Å². The van der Waals surface area contributed by atoms with Crippen molar-refractivity contribution in [2.24, 2.45) is 0 Å². The Balaban J connectivity index is 2.20. The van der Waals surface area contributed by atoms with E-state index in [2.05, 4.69) is 24.3 Å². The number of hydrogen-bond donors (Lipinski definition) is 0. The Labute approximate surface area is 60.9 Å². The third-order valence-corrected chi connectivity index (χ3v) is 3.07. The first kappa shape index (κ1) is 4.95. The first-order chi connectivity index (χ1) is 4.97. The quantitative estimate of drug-likeness (QED) is 0.506. The lowest BCUT2D eigenvalue weighted by atomic mass is 9.56. The molecule has 0 nitrogen and oxygen atoms in total. The van der Waals surface area contributed by atoms with E-state index in [4.69, 9.17) is 0 Å². The molecule has 0 aliphatic heterocycles. The average Bonchev–Trinajstić information content (AvgIpc) is 1.90. The Morgan fingerprint density at radius 2 is 1.40 bits per heavy atom. The van der Waals surface area contributed by atoms with Crippen molar-refractivity contribution in [2.45, 2.75) is 24.7 Å². The number of hydrogen-bond acceptors (Lipinski definition) is 0. The fourth-order valence-corrected chi connectivity index (χ4v) is 2.33. The van der Waals surface area contributed by atoms with Crippen LogP contribution in [0.2, 0.25) is 0 Å². The van der Waals surface area contributed by atoms with E-state index in [1.54, 1.807) is 11.1 Å². The molecule has 0 radical (unpaired) electrons. The molecule has 2 atom stereocenters. The Bertz CT molecular complexity index is 246. The van der Waals surface area contributed by atoms with E-state index in [-0.39, 0.29) is 0 Å². The van der Waals surface area contributed by atoms with Gasteiger partial charge < -0.3 is 0 Å². The van der Waals surface area contributed by atoms with Gasteiger partial charge >= 0.3 is 0 Å². The molecule has 0 heterocycles. The predicted octanol–water partition coefficient (Wildman–Crippen LogP) is 2.66. The van der Waals surface area contributed by atoms with E-state index in [0.29, 0.717) is 0 Å². The van der Waals surface area contributed by atoms with E-state index < -0.39 is 0 Å². The third kappa shape index (κ3) is 0.377. The highest BCUT2D eigenvalue weighted by atomic mass is 14.5. The summed E-state index contributed by atoms with van der Waals surface area (Å²) in [5.74, 6) is 1.94. The van der Waals surface area contributed by atoms with Gasteiger partial charge in [-0.05, 0) is 35.8 Å². The summed E-state index contributed by atoms with van der Waals surface area (Å²) >= 11 is 0. The summed E-state index contributed by atoms with van der Waals surface area (Å²) in [6.45, 7) is 0. The van der Waals surface area contributed by atoms with Crippen LogP contribution in [0.15, 0.2) is 24.3 Å². The van der Waals surface area contributed by atoms with Gasteiger partial charge in [0, 0.05) is 0 Å². The molecule has 0 bridgehead atoms. The largest absolute Gasteiger partial charge is 0.0620 e. The topological polar surface area (TPSA) is 0 Å². The van der Waals surface area contributed by atoms with Crippen molar-refractivity contribution in [2.75, 3.05) is 0 Å². The van der Waals surface area contributed by atoms with E-state index >= 15 is 0 Å². The molecule has 0 saturated heterocycles. The molecule has 1 aromatic rings. The van der Waals surface area contributed by atoms with Crippen molar-refractivity contribution < 1.29 is 0 Å². The van der Waals surface area contributed by atoms with E-state index in [1.165, 1.54) is 12.8 Å². The molecule has 0 N–H and O–H groups in total. The van der Waals surface area contributed by atoms with Crippen LogP contribution in [0.3, 0.4) is 0 Å². The van der Waals surface area contributed by atoms with Crippen molar-refractivity contribution >= 4 is 0 Å². The van der Waals surface area contributed by atoms with Gasteiger partial charge in [0.05, 0.1) is 0 Å². The van der Waals surface area contributed by atoms with Gasteiger partial charge in [-0.1, -0.05) is 24.3 Å². The van der Waals surface area contributed by atoms with Gasteiger partial charge in [0.2, 0.25) is 0 Å². The van der Waals surface area contributed by atoms with Gasteiger partial charge in [0.1, 0.15) is 0 Å². The molecule has 0 spiro atoms. The Kier molecular flexibility index (Phi) is 0.715. The second-order valence-electron chi connectivity index (χ2n) is 3.42. The maximum Gasteiger partial charge on any atom is -0.00899 e. The SMILES string of the molecule is c1ccc2c(c1)C1CCC21. The summed E-state index contributed by atoms with van der Waals surface area (Å²) < 4.78 is 0. The molecule has 1 fully saturated rings. The number of fused-ring (bicyclic) bond motifs is 4. The van der Waals surface area contributed by atoms with Crippen molar-refractivity contribution in [3.8, 4) is 0 Å². The first-order valence-electron chi connectivity index (χ1n) is 4.05. The molecular weight excluding hydrogens is 120 g/mol. The molecule has 50 valence electrons. The zero-order valence-corrected chi connectivity index (χ0v) is 5.88.